The first-order chi connectivity index (χ1) is 13.5. The second kappa shape index (κ2) is 8.96. The molecule has 0 spiro atoms. The van der Waals surface area contributed by atoms with E-state index >= 15 is 0 Å². The van der Waals surface area contributed by atoms with E-state index in [2.05, 4.69) is 20.8 Å². The number of aromatic carboxylic acids is 1. The Morgan fingerprint density at radius 2 is 1.86 bits per heavy atom. The summed E-state index contributed by atoms with van der Waals surface area (Å²) in [6, 6.07) is 15.2. The van der Waals surface area contributed by atoms with E-state index < -0.39 is 11.2 Å². The highest BCUT2D eigenvalue weighted by Crippen LogP contribution is 2.23. The first-order valence-electron chi connectivity index (χ1n) is 8.28. The molecule has 2 amide bonds. The summed E-state index contributed by atoms with van der Waals surface area (Å²) in [6.07, 6.45) is 1.53. The van der Waals surface area contributed by atoms with E-state index in [1.54, 1.807) is 6.21 Å². The van der Waals surface area contributed by atoms with Gasteiger partial charge < -0.3 is 15.7 Å². The van der Waals surface area contributed by atoms with Gasteiger partial charge in [0, 0.05) is 12.1 Å². The number of hydrogen-bond donors (Lipinski definition) is 3. The lowest BCUT2D eigenvalue weighted by Gasteiger charge is -2.07. The van der Waals surface area contributed by atoms with Crippen molar-refractivity contribution in [1.82, 2.24) is 5.32 Å². The normalized spacial score (nSPS) is 17.6. The summed E-state index contributed by atoms with van der Waals surface area (Å²) >= 11 is 1.14. The molecule has 1 aliphatic rings. The van der Waals surface area contributed by atoms with Crippen molar-refractivity contribution < 1.29 is 19.5 Å². The lowest BCUT2D eigenvalue weighted by Crippen LogP contribution is -2.28. The summed E-state index contributed by atoms with van der Waals surface area (Å²) in [5, 5.41) is 21.7. The first kappa shape index (κ1) is 19.3. The molecule has 1 unspecified atom stereocenters. The highest BCUT2D eigenvalue weighted by Gasteiger charge is 2.32. The summed E-state index contributed by atoms with van der Waals surface area (Å²) in [4.78, 5) is 35.0. The predicted molar refractivity (Wildman–Crippen MR) is 108 cm³/mol. The van der Waals surface area contributed by atoms with Crippen molar-refractivity contribution in [2.75, 3.05) is 5.32 Å². The predicted octanol–water partition coefficient (Wildman–Crippen LogP) is 2.34. The maximum Gasteiger partial charge on any atom is 0.335 e. The Bertz CT molecular complexity index is 942. The molecule has 9 heteroatoms. The Labute approximate surface area is 164 Å². The van der Waals surface area contributed by atoms with Gasteiger partial charge in [0.05, 0.1) is 11.8 Å². The van der Waals surface area contributed by atoms with Crippen molar-refractivity contribution in [2.24, 2.45) is 10.2 Å². The Morgan fingerprint density at radius 3 is 2.54 bits per heavy atom. The summed E-state index contributed by atoms with van der Waals surface area (Å²) in [6.45, 7) is 0. The molecule has 3 rings (SSSR count). The molecule has 0 aliphatic carbocycles. The molecule has 1 atom stereocenters. The summed E-state index contributed by atoms with van der Waals surface area (Å²) < 4.78 is 0. The van der Waals surface area contributed by atoms with Crippen molar-refractivity contribution in [2.45, 2.75) is 11.7 Å². The van der Waals surface area contributed by atoms with E-state index in [9.17, 15) is 14.4 Å². The highest BCUT2D eigenvalue weighted by molar-refractivity contribution is 8.15. The lowest BCUT2D eigenvalue weighted by atomic mass is 10.2. The van der Waals surface area contributed by atoms with Gasteiger partial charge in [0.25, 0.3) is 0 Å². The molecule has 1 aliphatic heterocycles. The number of anilines is 1. The number of thioether (sulfide) groups is 1. The number of carbonyl (C=O) groups excluding carboxylic acids is 2. The van der Waals surface area contributed by atoms with Crippen LogP contribution < -0.4 is 10.6 Å². The van der Waals surface area contributed by atoms with E-state index in [1.807, 2.05) is 30.3 Å². The van der Waals surface area contributed by atoms with Gasteiger partial charge in [0.2, 0.25) is 11.8 Å². The van der Waals surface area contributed by atoms with Crippen molar-refractivity contribution in [1.29, 1.82) is 0 Å². The minimum absolute atomic E-state index is 0.0431. The zero-order valence-corrected chi connectivity index (χ0v) is 15.3. The van der Waals surface area contributed by atoms with Crippen LogP contribution >= 0.6 is 11.8 Å². The third-order valence-corrected chi connectivity index (χ3v) is 4.79. The molecule has 142 valence electrons. The largest absolute Gasteiger partial charge is 0.478 e. The zero-order chi connectivity index (χ0) is 19.9. The highest BCUT2D eigenvalue weighted by atomic mass is 32.2. The molecule has 0 radical (unpaired) electrons. The lowest BCUT2D eigenvalue weighted by molar-refractivity contribution is -0.122. The molecule has 2 aromatic rings. The molecule has 0 saturated carbocycles. The van der Waals surface area contributed by atoms with E-state index in [1.165, 1.54) is 24.3 Å². The molecule has 2 aromatic carbocycles. The number of nitrogens with one attached hydrogen (secondary N) is 2. The topological polar surface area (TPSA) is 120 Å². The quantitative estimate of drug-likeness (QED) is 0.511. The fourth-order valence-corrected chi connectivity index (χ4v) is 3.27. The molecule has 1 saturated heterocycles. The number of amides is 2. The van der Waals surface area contributed by atoms with Crippen molar-refractivity contribution in [3.8, 4) is 0 Å². The average molecular weight is 396 g/mol. The van der Waals surface area contributed by atoms with Crippen LogP contribution in [0.15, 0.2) is 64.8 Å². The molecular weight excluding hydrogens is 380 g/mol. The first-order valence-corrected chi connectivity index (χ1v) is 9.16. The maximum absolute atomic E-state index is 12.1. The molecule has 1 fully saturated rings. The van der Waals surface area contributed by atoms with E-state index in [4.69, 9.17) is 5.11 Å². The zero-order valence-electron chi connectivity index (χ0n) is 14.5. The maximum atomic E-state index is 12.1. The third-order valence-electron chi connectivity index (χ3n) is 3.72. The summed E-state index contributed by atoms with van der Waals surface area (Å²) in [5.41, 5.74) is 1.46. The number of nitrogens with zero attached hydrogens (tertiary/aromatic N) is 2. The Balaban J connectivity index is 1.53. The number of amidine groups is 1. The molecule has 0 aromatic heterocycles. The molecule has 28 heavy (non-hydrogen) atoms. The van der Waals surface area contributed by atoms with Crippen LogP contribution in [0, 0.1) is 0 Å². The smallest absolute Gasteiger partial charge is 0.335 e. The van der Waals surface area contributed by atoms with Gasteiger partial charge in [0.15, 0.2) is 5.17 Å². The SMILES string of the molecule is O=C(CC1S/C(=N/N=C\c2ccccc2)NC1=O)Nc1ccc(C(=O)O)cc1. The second-order valence-corrected chi connectivity index (χ2v) is 6.98. The molecule has 1 heterocycles. The van der Waals surface area contributed by atoms with Gasteiger partial charge in [-0.1, -0.05) is 42.1 Å². The minimum Gasteiger partial charge on any atom is -0.478 e. The van der Waals surface area contributed by atoms with Crippen molar-refractivity contribution in [3.63, 3.8) is 0 Å². The monoisotopic (exact) mass is 396 g/mol. The Kier molecular flexibility index (Phi) is 6.18. The summed E-state index contributed by atoms with van der Waals surface area (Å²) in [5.74, 6) is -1.71. The van der Waals surface area contributed by atoms with E-state index in [0.717, 1.165) is 17.3 Å². The van der Waals surface area contributed by atoms with Crippen LogP contribution in [0.5, 0.6) is 0 Å². The fraction of sp³-hybridized carbons (Fsp3) is 0.105. The van der Waals surface area contributed by atoms with Crippen LogP contribution in [-0.2, 0) is 9.59 Å². The Hall–Kier alpha value is -3.46. The minimum atomic E-state index is -1.04. The molecular formula is C19H16N4O4S. The van der Waals surface area contributed by atoms with E-state index in [0.29, 0.717) is 10.9 Å². The van der Waals surface area contributed by atoms with Crippen molar-refractivity contribution >= 4 is 46.6 Å². The van der Waals surface area contributed by atoms with Gasteiger partial charge in [-0.25, -0.2) is 4.79 Å². The van der Waals surface area contributed by atoms with E-state index in [-0.39, 0.29) is 23.8 Å². The van der Waals surface area contributed by atoms with Gasteiger partial charge >= 0.3 is 5.97 Å². The second-order valence-electron chi connectivity index (χ2n) is 5.79. The van der Waals surface area contributed by atoms with Crippen LogP contribution in [0.25, 0.3) is 0 Å². The number of rotatable bonds is 6. The number of carboxylic acid groups (broad SMARTS) is 1. The van der Waals surface area contributed by atoms with Gasteiger partial charge in [-0.2, -0.15) is 5.10 Å². The van der Waals surface area contributed by atoms with Crippen LogP contribution in [-0.4, -0.2) is 39.5 Å². The number of benzene rings is 2. The third kappa shape index (κ3) is 5.27. The fourth-order valence-electron chi connectivity index (χ4n) is 2.35. The summed E-state index contributed by atoms with van der Waals surface area (Å²) in [7, 11) is 0. The molecule has 8 nitrogen and oxygen atoms in total. The van der Waals surface area contributed by atoms with Gasteiger partial charge in [-0.15, -0.1) is 5.10 Å². The Morgan fingerprint density at radius 1 is 1.14 bits per heavy atom. The average Bonchev–Trinajstić information content (AvgIpc) is 3.02. The molecule has 0 bridgehead atoms. The van der Waals surface area contributed by atoms with Gasteiger partial charge in [-0.3, -0.25) is 9.59 Å². The van der Waals surface area contributed by atoms with Crippen LogP contribution in [0.3, 0.4) is 0 Å². The van der Waals surface area contributed by atoms with Crippen LogP contribution in [0.4, 0.5) is 5.69 Å². The number of carbonyl (C=O) groups is 3. The number of carboxylic acids is 1. The van der Waals surface area contributed by atoms with Gasteiger partial charge in [0.1, 0.15) is 5.25 Å². The van der Waals surface area contributed by atoms with Crippen LogP contribution in [0.1, 0.15) is 22.3 Å². The molecule has 3 N–H and O–H groups in total. The van der Waals surface area contributed by atoms with Crippen LogP contribution in [0.2, 0.25) is 0 Å². The standard InChI is InChI=1S/C19H16N4O4S/c24-16(21-14-8-6-13(7-9-14)18(26)27)10-15-17(25)22-19(28-15)23-20-11-12-4-2-1-3-5-12/h1-9,11,15H,10H2,(H,21,24)(H,26,27)(H,22,23,25)/b20-11-. The van der Waals surface area contributed by atoms with Crippen molar-refractivity contribution in [3.05, 3.63) is 65.7 Å². The number of hydrogen-bond acceptors (Lipinski definition) is 6. The van der Waals surface area contributed by atoms with Gasteiger partial charge in [-0.05, 0) is 29.8 Å².